The van der Waals surface area contributed by atoms with Crippen LogP contribution in [0.3, 0.4) is 0 Å². The van der Waals surface area contributed by atoms with Gasteiger partial charge in [0.25, 0.3) is 0 Å². The quantitative estimate of drug-likeness (QED) is 0.650. The SMILES string of the molecule is CC(=O)N(C)C(C)c1nnco1. The molecule has 0 spiro atoms. The van der Waals surface area contributed by atoms with Crippen molar-refractivity contribution >= 4 is 5.91 Å². The molecule has 5 nitrogen and oxygen atoms in total. The van der Waals surface area contributed by atoms with Crippen molar-refractivity contribution in [1.82, 2.24) is 15.1 Å². The monoisotopic (exact) mass is 169 g/mol. The van der Waals surface area contributed by atoms with Gasteiger partial charge in [-0.3, -0.25) is 4.79 Å². The van der Waals surface area contributed by atoms with Crippen LogP contribution in [0.15, 0.2) is 10.8 Å². The fourth-order valence-electron chi connectivity index (χ4n) is 0.802. The maximum Gasteiger partial charge on any atom is 0.238 e. The molecule has 0 radical (unpaired) electrons. The number of aromatic nitrogens is 2. The lowest BCUT2D eigenvalue weighted by molar-refractivity contribution is -0.129. The van der Waals surface area contributed by atoms with Crippen molar-refractivity contribution in [1.29, 1.82) is 0 Å². The van der Waals surface area contributed by atoms with E-state index in [1.54, 1.807) is 7.05 Å². The van der Waals surface area contributed by atoms with Crippen molar-refractivity contribution < 1.29 is 9.21 Å². The highest BCUT2D eigenvalue weighted by atomic mass is 16.4. The summed E-state index contributed by atoms with van der Waals surface area (Å²) < 4.78 is 4.95. The Balaban J connectivity index is 2.71. The maximum absolute atomic E-state index is 10.9. The number of hydrogen-bond donors (Lipinski definition) is 0. The summed E-state index contributed by atoms with van der Waals surface area (Å²) >= 11 is 0. The zero-order valence-electron chi connectivity index (χ0n) is 7.31. The van der Waals surface area contributed by atoms with E-state index in [4.69, 9.17) is 4.42 Å². The van der Waals surface area contributed by atoms with Gasteiger partial charge in [-0.2, -0.15) is 0 Å². The largest absolute Gasteiger partial charge is 0.426 e. The Labute approximate surface area is 70.4 Å². The predicted molar refractivity (Wildman–Crippen MR) is 41.2 cm³/mol. The standard InChI is InChI=1S/C7H11N3O2/c1-5(10(3)6(2)11)7-9-8-4-12-7/h4-5H,1-3H3. The highest BCUT2D eigenvalue weighted by Gasteiger charge is 2.17. The van der Waals surface area contributed by atoms with Gasteiger partial charge in [0.05, 0.1) is 0 Å². The Hall–Kier alpha value is -1.39. The average molecular weight is 169 g/mol. The van der Waals surface area contributed by atoms with Crippen LogP contribution in [0.2, 0.25) is 0 Å². The summed E-state index contributed by atoms with van der Waals surface area (Å²) in [5, 5.41) is 7.24. The van der Waals surface area contributed by atoms with E-state index in [1.165, 1.54) is 18.2 Å². The molecule has 1 heterocycles. The molecule has 1 aromatic rings. The molecule has 0 saturated heterocycles. The Bertz CT molecular complexity index is 258. The first-order chi connectivity index (χ1) is 5.63. The minimum atomic E-state index is -0.162. The minimum Gasteiger partial charge on any atom is -0.426 e. The summed E-state index contributed by atoms with van der Waals surface area (Å²) in [5.41, 5.74) is 0. The third kappa shape index (κ3) is 1.61. The number of amides is 1. The van der Waals surface area contributed by atoms with Gasteiger partial charge >= 0.3 is 0 Å². The van der Waals surface area contributed by atoms with Gasteiger partial charge in [0.1, 0.15) is 6.04 Å². The first-order valence-electron chi connectivity index (χ1n) is 3.62. The van der Waals surface area contributed by atoms with Gasteiger partial charge in [0.2, 0.25) is 18.2 Å². The molecule has 0 aliphatic carbocycles. The average Bonchev–Trinajstić information content (AvgIpc) is 2.53. The van der Waals surface area contributed by atoms with Gasteiger partial charge in [0, 0.05) is 14.0 Å². The molecule has 5 heteroatoms. The second-order valence-electron chi connectivity index (χ2n) is 2.58. The third-order valence-electron chi connectivity index (χ3n) is 1.81. The fraction of sp³-hybridized carbons (Fsp3) is 0.571. The van der Waals surface area contributed by atoms with Crippen molar-refractivity contribution in [3.05, 3.63) is 12.3 Å². The summed E-state index contributed by atoms with van der Waals surface area (Å²) in [6.07, 6.45) is 1.25. The molecule has 0 N–H and O–H groups in total. The molecule has 1 unspecified atom stereocenters. The molecule has 0 aromatic carbocycles. The molecular formula is C7H11N3O2. The highest BCUT2D eigenvalue weighted by Crippen LogP contribution is 2.14. The Morgan fingerprint density at radius 3 is 2.83 bits per heavy atom. The third-order valence-corrected chi connectivity index (χ3v) is 1.81. The van der Waals surface area contributed by atoms with Crippen LogP contribution in [0.25, 0.3) is 0 Å². The number of carbonyl (C=O) groups excluding carboxylic acids is 1. The molecular weight excluding hydrogens is 158 g/mol. The molecule has 1 atom stereocenters. The molecule has 1 aromatic heterocycles. The summed E-state index contributed by atoms with van der Waals surface area (Å²) in [6.45, 7) is 3.32. The first-order valence-corrected chi connectivity index (χ1v) is 3.62. The van der Waals surface area contributed by atoms with E-state index in [2.05, 4.69) is 10.2 Å². The Morgan fingerprint density at radius 2 is 2.42 bits per heavy atom. The van der Waals surface area contributed by atoms with Crippen LogP contribution in [-0.4, -0.2) is 28.1 Å². The predicted octanol–water partition coefficient (Wildman–Crippen LogP) is 0.609. The van der Waals surface area contributed by atoms with E-state index < -0.39 is 0 Å². The van der Waals surface area contributed by atoms with E-state index in [9.17, 15) is 4.79 Å². The molecule has 0 aliphatic heterocycles. The topological polar surface area (TPSA) is 59.2 Å². The van der Waals surface area contributed by atoms with Gasteiger partial charge in [-0.25, -0.2) is 0 Å². The lowest BCUT2D eigenvalue weighted by atomic mass is 10.3. The molecule has 1 amide bonds. The maximum atomic E-state index is 10.9. The zero-order valence-corrected chi connectivity index (χ0v) is 7.31. The van der Waals surface area contributed by atoms with Crippen LogP contribution in [0, 0.1) is 0 Å². The number of nitrogens with zero attached hydrogens (tertiary/aromatic N) is 3. The number of hydrogen-bond acceptors (Lipinski definition) is 4. The zero-order chi connectivity index (χ0) is 9.14. The molecule has 0 fully saturated rings. The highest BCUT2D eigenvalue weighted by molar-refractivity contribution is 5.73. The van der Waals surface area contributed by atoms with Gasteiger partial charge < -0.3 is 9.32 Å². The van der Waals surface area contributed by atoms with Crippen molar-refractivity contribution in [2.45, 2.75) is 19.9 Å². The van der Waals surface area contributed by atoms with Crippen LogP contribution in [-0.2, 0) is 4.79 Å². The van der Waals surface area contributed by atoms with E-state index in [0.717, 1.165) is 0 Å². The second-order valence-corrected chi connectivity index (χ2v) is 2.58. The molecule has 0 bridgehead atoms. The lowest BCUT2D eigenvalue weighted by Crippen LogP contribution is -2.27. The van der Waals surface area contributed by atoms with E-state index in [-0.39, 0.29) is 11.9 Å². The van der Waals surface area contributed by atoms with Crippen LogP contribution < -0.4 is 0 Å². The summed E-state index contributed by atoms with van der Waals surface area (Å²) in [4.78, 5) is 12.5. The van der Waals surface area contributed by atoms with Gasteiger partial charge in [-0.05, 0) is 6.92 Å². The molecule has 0 aliphatic rings. The Morgan fingerprint density at radius 1 is 1.75 bits per heavy atom. The normalized spacial score (nSPS) is 12.6. The van der Waals surface area contributed by atoms with E-state index >= 15 is 0 Å². The summed E-state index contributed by atoms with van der Waals surface area (Å²) in [7, 11) is 1.69. The van der Waals surface area contributed by atoms with Crippen molar-refractivity contribution in [3.63, 3.8) is 0 Å². The van der Waals surface area contributed by atoms with Crippen molar-refractivity contribution in [3.8, 4) is 0 Å². The second kappa shape index (κ2) is 3.34. The minimum absolute atomic E-state index is 0.0271. The molecule has 66 valence electrons. The lowest BCUT2D eigenvalue weighted by Gasteiger charge is -2.19. The summed E-state index contributed by atoms with van der Waals surface area (Å²) in [6, 6.07) is -0.162. The summed E-state index contributed by atoms with van der Waals surface area (Å²) in [5.74, 6) is 0.424. The van der Waals surface area contributed by atoms with Gasteiger partial charge in [-0.15, -0.1) is 10.2 Å². The molecule has 12 heavy (non-hydrogen) atoms. The van der Waals surface area contributed by atoms with Gasteiger partial charge in [0.15, 0.2) is 0 Å². The van der Waals surface area contributed by atoms with Crippen molar-refractivity contribution in [2.24, 2.45) is 0 Å². The number of carbonyl (C=O) groups is 1. The van der Waals surface area contributed by atoms with E-state index in [0.29, 0.717) is 5.89 Å². The Kier molecular flexibility index (Phi) is 2.42. The first kappa shape index (κ1) is 8.70. The van der Waals surface area contributed by atoms with Crippen LogP contribution in [0.5, 0.6) is 0 Å². The van der Waals surface area contributed by atoms with Gasteiger partial charge in [-0.1, -0.05) is 0 Å². The smallest absolute Gasteiger partial charge is 0.238 e. The van der Waals surface area contributed by atoms with E-state index in [1.807, 2.05) is 6.92 Å². The van der Waals surface area contributed by atoms with Crippen LogP contribution >= 0.6 is 0 Å². The van der Waals surface area contributed by atoms with Crippen molar-refractivity contribution in [2.75, 3.05) is 7.05 Å². The van der Waals surface area contributed by atoms with Crippen LogP contribution in [0.1, 0.15) is 25.8 Å². The molecule has 0 saturated carbocycles. The number of rotatable bonds is 2. The molecule has 1 rings (SSSR count). The fourth-order valence-corrected chi connectivity index (χ4v) is 0.802. The van der Waals surface area contributed by atoms with Crippen LogP contribution in [0.4, 0.5) is 0 Å².